The van der Waals surface area contributed by atoms with E-state index in [0.29, 0.717) is 19.5 Å². The van der Waals surface area contributed by atoms with Crippen molar-refractivity contribution < 1.29 is 14.3 Å². The van der Waals surface area contributed by atoms with E-state index in [1.165, 1.54) is 0 Å². The van der Waals surface area contributed by atoms with Crippen molar-refractivity contribution >= 4 is 17.5 Å². The molecule has 1 atom stereocenters. The number of piperidine rings is 1. The number of benzene rings is 2. The first-order valence-corrected chi connectivity index (χ1v) is 10.9. The van der Waals surface area contributed by atoms with E-state index in [1.807, 2.05) is 72.4 Å². The molecule has 0 unspecified atom stereocenters. The number of nitrogens with one attached hydrogen (secondary N) is 1. The predicted octanol–water partition coefficient (Wildman–Crippen LogP) is 3.32. The minimum Gasteiger partial charge on any atom is -0.487 e. The number of anilines is 1. The number of para-hydroxylation sites is 1. The Labute approximate surface area is 184 Å². The van der Waals surface area contributed by atoms with Gasteiger partial charge in [-0.05, 0) is 23.8 Å². The molecule has 2 aliphatic rings. The smallest absolute Gasteiger partial charge is 0.224 e. The van der Waals surface area contributed by atoms with Gasteiger partial charge >= 0.3 is 0 Å². The number of carbonyl (C=O) groups excluding carboxylic acids is 2. The maximum atomic E-state index is 12.9. The summed E-state index contributed by atoms with van der Waals surface area (Å²) in [7, 11) is 4.00. The van der Waals surface area contributed by atoms with Gasteiger partial charge in [-0.3, -0.25) is 9.59 Å². The highest BCUT2D eigenvalue weighted by Crippen LogP contribution is 2.44. The lowest BCUT2D eigenvalue weighted by molar-refractivity contribution is -0.133. The maximum absolute atomic E-state index is 12.9. The number of fused-ring (bicyclic) bond motifs is 1. The van der Waals surface area contributed by atoms with Gasteiger partial charge in [0.15, 0.2) is 0 Å². The summed E-state index contributed by atoms with van der Waals surface area (Å²) >= 11 is 0. The fourth-order valence-electron chi connectivity index (χ4n) is 4.63. The molecule has 0 bridgehead atoms. The third-order valence-electron chi connectivity index (χ3n) is 6.47. The molecular weight excluding hydrogens is 390 g/mol. The van der Waals surface area contributed by atoms with E-state index in [1.54, 1.807) is 6.92 Å². The van der Waals surface area contributed by atoms with Crippen LogP contribution in [-0.2, 0) is 16.0 Å². The standard InChI is InChI=1S/C25H31N3O3/c1-18(29)28-14-12-25(13-15-28)17-22(21-6-4-5-7-23(21)31-25)26-24(30)16-19-8-10-20(11-9-19)27(2)3/h4-11,22H,12-17H2,1-3H3,(H,26,30)/t22-/m0/s1. The lowest BCUT2D eigenvalue weighted by Gasteiger charge is -2.46. The van der Waals surface area contributed by atoms with Crippen LogP contribution in [0.1, 0.15) is 43.4 Å². The van der Waals surface area contributed by atoms with Crippen LogP contribution in [0.3, 0.4) is 0 Å². The van der Waals surface area contributed by atoms with E-state index in [4.69, 9.17) is 4.74 Å². The number of nitrogens with zero attached hydrogens (tertiary/aromatic N) is 2. The molecule has 1 spiro atoms. The Morgan fingerprint density at radius 2 is 1.77 bits per heavy atom. The molecule has 1 fully saturated rings. The average molecular weight is 422 g/mol. The number of ether oxygens (including phenoxy) is 1. The Balaban J connectivity index is 1.47. The predicted molar refractivity (Wildman–Crippen MR) is 121 cm³/mol. The van der Waals surface area contributed by atoms with Crippen molar-refractivity contribution in [1.29, 1.82) is 0 Å². The maximum Gasteiger partial charge on any atom is 0.224 e. The van der Waals surface area contributed by atoms with Crippen molar-refractivity contribution in [2.24, 2.45) is 0 Å². The van der Waals surface area contributed by atoms with E-state index in [2.05, 4.69) is 5.32 Å². The van der Waals surface area contributed by atoms with E-state index in [-0.39, 0.29) is 23.5 Å². The second-order valence-corrected chi connectivity index (χ2v) is 8.89. The number of likely N-dealkylation sites (tertiary alicyclic amines) is 1. The van der Waals surface area contributed by atoms with Crippen LogP contribution in [0.4, 0.5) is 5.69 Å². The summed E-state index contributed by atoms with van der Waals surface area (Å²) in [5, 5.41) is 3.26. The van der Waals surface area contributed by atoms with Crippen molar-refractivity contribution in [3.63, 3.8) is 0 Å². The minimum atomic E-state index is -0.342. The Morgan fingerprint density at radius 1 is 1.10 bits per heavy atom. The molecule has 0 aromatic heterocycles. The summed E-state index contributed by atoms with van der Waals surface area (Å²) in [6.07, 6.45) is 2.62. The fraction of sp³-hybridized carbons (Fsp3) is 0.440. The highest BCUT2D eigenvalue weighted by molar-refractivity contribution is 5.79. The van der Waals surface area contributed by atoms with Crippen molar-refractivity contribution in [2.75, 3.05) is 32.1 Å². The van der Waals surface area contributed by atoms with Crippen molar-refractivity contribution in [3.8, 4) is 5.75 Å². The van der Waals surface area contributed by atoms with E-state index in [9.17, 15) is 9.59 Å². The zero-order chi connectivity index (χ0) is 22.0. The first-order valence-electron chi connectivity index (χ1n) is 10.9. The molecule has 6 nitrogen and oxygen atoms in total. The highest BCUT2D eigenvalue weighted by Gasteiger charge is 2.44. The van der Waals surface area contributed by atoms with Crippen LogP contribution < -0.4 is 15.0 Å². The normalized spacial score (nSPS) is 19.3. The van der Waals surface area contributed by atoms with Gasteiger partial charge < -0.3 is 19.9 Å². The van der Waals surface area contributed by atoms with Crippen molar-refractivity contribution in [1.82, 2.24) is 10.2 Å². The van der Waals surface area contributed by atoms with E-state index in [0.717, 1.165) is 41.8 Å². The molecule has 2 aliphatic heterocycles. The van der Waals surface area contributed by atoms with E-state index >= 15 is 0 Å². The topological polar surface area (TPSA) is 61.9 Å². The second kappa shape index (κ2) is 8.61. The first-order chi connectivity index (χ1) is 14.8. The van der Waals surface area contributed by atoms with Gasteiger partial charge in [0.05, 0.1) is 12.5 Å². The molecular formula is C25H31N3O3. The number of rotatable bonds is 4. The van der Waals surface area contributed by atoms with Gasteiger partial charge in [0, 0.05) is 64.6 Å². The fourth-order valence-corrected chi connectivity index (χ4v) is 4.63. The number of hydrogen-bond acceptors (Lipinski definition) is 4. The summed E-state index contributed by atoms with van der Waals surface area (Å²) in [6, 6.07) is 15.9. The number of carbonyl (C=O) groups is 2. The van der Waals surface area contributed by atoms with Gasteiger partial charge in [-0.1, -0.05) is 30.3 Å². The second-order valence-electron chi connectivity index (χ2n) is 8.89. The van der Waals surface area contributed by atoms with Gasteiger partial charge in [0.1, 0.15) is 11.4 Å². The summed E-state index contributed by atoms with van der Waals surface area (Å²) in [6.45, 7) is 3.00. The average Bonchev–Trinajstić information content (AvgIpc) is 2.74. The zero-order valence-corrected chi connectivity index (χ0v) is 18.6. The zero-order valence-electron chi connectivity index (χ0n) is 18.6. The molecule has 0 radical (unpaired) electrons. The molecule has 31 heavy (non-hydrogen) atoms. The molecule has 164 valence electrons. The van der Waals surface area contributed by atoms with Crippen LogP contribution in [0.2, 0.25) is 0 Å². The first kappa shape index (κ1) is 21.2. The van der Waals surface area contributed by atoms with Crippen molar-refractivity contribution in [2.45, 2.75) is 44.2 Å². The molecule has 2 aromatic rings. The van der Waals surface area contributed by atoms with Gasteiger partial charge in [-0.25, -0.2) is 0 Å². The quantitative estimate of drug-likeness (QED) is 0.823. The Bertz CT molecular complexity index is 947. The largest absolute Gasteiger partial charge is 0.487 e. The Morgan fingerprint density at radius 3 is 2.42 bits per heavy atom. The summed E-state index contributed by atoms with van der Waals surface area (Å²) in [4.78, 5) is 28.6. The summed E-state index contributed by atoms with van der Waals surface area (Å²) < 4.78 is 6.46. The third kappa shape index (κ3) is 4.68. The molecule has 6 heteroatoms. The lowest BCUT2D eigenvalue weighted by Crippen LogP contribution is -2.53. The lowest BCUT2D eigenvalue weighted by atomic mass is 9.80. The molecule has 1 N–H and O–H groups in total. The van der Waals surface area contributed by atoms with Crippen LogP contribution >= 0.6 is 0 Å². The molecule has 2 aromatic carbocycles. The molecule has 1 saturated heterocycles. The van der Waals surface area contributed by atoms with Crippen LogP contribution in [0.15, 0.2) is 48.5 Å². The molecule has 0 aliphatic carbocycles. The van der Waals surface area contributed by atoms with Crippen LogP contribution in [0.5, 0.6) is 5.75 Å². The number of amides is 2. The molecule has 4 rings (SSSR count). The van der Waals surface area contributed by atoms with Crippen LogP contribution in [0.25, 0.3) is 0 Å². The monoisotopic (exact) mass is 421 g/mol. The third-order valence-corrected chi connectivity index (χ3v) is 6.47. The SMILES string of the molecule is CC(=O)N1CCC2(CC1)C[C@H](NC(=O)Cc1ccc(N(C)C)cc1)c1ccccc1O2. The summed E-state index contributed by atoms with van der Waals surface area (Å²) in [5.74, 6) is 0.956. The molecule has 0 saturated carbocycles. The summed E-state index contributed by atoms with van der Waals surface area (Å²) in [5.41, 5.74) is 2.79. The highest BCUT2D eigenvalue weighted by atomic mass is 16.5. The van der Waals surface area contributed by atoms with Gasteiger partial charge in [-0.2, -0.15) is 0 Å². The minimum absolute atomic E-state index is 0.00984. The van der Waals surface area contributed by atoms with Crippen LogP contribution in [-0.4, -0.2) is 49.5 Å². The number of hydrogen-bond donors (Lipinski definition) is 1. The Kier molecular flexibility index (Phi) is 5.90. The molecule has 2 amide bonds. The Hall–Kier alpha value is -3.02. The van der Waals surface area contributed by atoms with Gasteiger partial charge in [0.2, 0.25) is 11.8 Å². The molecule has 2 heterocycles. The van der Waals surface area contributed by atoms with E-state index < -0.39 is 0 Å². The van der Waals surface area contributed by atoms with Crippen LogP contribution in [0, 0.1) is 0 Å². The van der Waals surface area contributed by atoms with Gasteiger partial charge in [-0.15, -0.1) is 0 Å². The van der Waals surface area contributed by atoms with Crippen molar-refractivity contribution in [3.05, 3.63) is 59.7 Å². The van der Waals surface area contributed by atoms with Gasteiger partial charge in [0.25, 0.3) is 0 Å².